The molecule has 3 heteroatoms. The number of carbonyl (C=O) groups is 1. The fraction of sp³-hybridized carbons (Fsp3) is 0.900. The Kier molecular flexibility index (Phi) is 2.58. The maximum Gasteiger partial charge on any atom is 0.148 e. The number of ketones is 1. The van der Waals surface area contributed by atoms with Crippen molar-refractivity contribution in [2.45, 2.75) is 31.8 Å². The summed E-state index contributed by atoms with van der Waals surface area (Å²) >= 11 is 3.64. The molecule has 1 fully saturated rings. The number of rotatable bonds is 2. The lowest BCUT2D eigenvalue weighted by molar-refractivity contribution is -0.152. The van der Waals surface area contributed by atoms with E-state index in [-0.39, 0.29) is 14.9 Å². The van der Waals surface area contributed by atoms with Crippen LogP contribution in [0.1, 0.15) is 27.7 Å². The summed E-state index contributed by atoms with van der Waals surface area (Å²) in [4.78, 5) is 11.9. The van der Waals surface area contributed by atoms with Crippen LogP contribution in [0.4, 0.5) is 0 Å². The smallest absolute Gasteiger partial charge is 0.148 e. The van der Waals surface area contributed by atoms with E-state index in [9.17, 15) is 4.79 Å². The van der Waals surface area contributed by atoms with Gasteiger partial charge in [0.15, 0.2) is 0 Å². The highest BCUT2D eigenvalue weighted by molar-refractivity contribution is 8.18. The van der Waals surface area contributed by atoms with Crippen molar-refractivity contribution in [2.75, 3.05) is 12.5 Å². The summed E-state index contributed by atoms with van der Waals surface area (Å²) in [6, 6.07) is 0. The first-order valence-electron chi connectivity index (χ1n) is 4.43. The normalized spacial score (nSPS) is 28.3. The quantitative estimate of drug-likeness (QED) is 0.663. The Morgan fingerprint density at radius 3 is 1.38 bits per heavy atom. The maximum absolute atomic E-state index is 11.9. The zero-order valence-corrected chi connectivity index (χ0v) is 10.9. The van der Waals surface area contributed by atoms with Gasteiger partial charge in [-0.05, 0) is 12.5 Å². The number of carbonyl (C=O) groups excluding carboxylic acids is 1. The summed E-state index contributed by atoms with van der Waals surface area (Å²) in [5.41, 5.74) is -0.370. The standard InChI is InChI=1S/C10H18OS2/c1-8(2)7(11)9(3,4)10(8,12-5)13-6/h1-6H3. The molecule has 0 N–H and O–H groups in total. The number of hydrogen-bond donors (Lipinski definition) is 0. The molecule has 0 saturated heterocycles. The second-order valence-corrected chi connectivity index (χ2v) is 6.90. The summed E-state index contributed by atoms with van der Waals surface area (Å²) in [6.07, 6.45) is 4.21. The predicted octanol–water partition coefficient (Wildman–Crippen LogP) is 3.04. The van der Waals surface area contributed by atoms with Crippen molar-refractivity contribution in [1.29, 1.82) is 0 Å². The molecule has 0 atom stereocenters. The molecule has 0 bridgehead atoms. The third-order valence-corrected chi connectivity index (χ3v) is 7.55. The van der Waals surface area contributed by atoms with Gasteiger partial charge in [0.25, 0.3) is 0 Å². The molecule has 1 aliphatic carbocycles. The van der Waals surface area contributed by atoms with Crippen molar-refractivity contribution in [1.82, 2.24) is 0 Å². The molecular weight excluding hydrogens is 200 g/mol. The van der Waals surface area contributed by atoms with Crippen LogP contribution in [0.5, 0.6) is 0 Å². The van der Waals surface area contributed by atoms with Crippen molar-refractivity contribution in [3.63, 3.8) is 0 Å². The van der Waals surface area contributed by atoms with Gasteiger partial charge in [-0.1, -0.05) is 27.7 Å². The van der Waals surface area contributed by atoms with Gasteiger partial charge >= 0.3 is 0 Å². The molecule has 0 spiro atoms. The van der Waals surface area contributed by atoms with Crippen molar-refractivity contribution >= 4 is 29.3 Å². The molecule has 0 aromatic heterocycles. The monoisotopic (exact) mass is 218 g/mol. The van der Waals surface area contributed by atoms with E-state index in [0.29, 0.717) is 5.78 Å². The van der Waals surface area contributed by atoms with Crippen molar-refractivity contribution in [3.8, 4) is 0 Å². The molecule has 1 aliphatic rings. The fourth-order valence-electron chi connectivity index (χ4n) is 2.90. The summed E-state index contributed by atoms with van der Waals surface area (Å²) in [7, 11) is 0. The Bertz CT molecular complexity index is 219. The summed E-state index contributed by atoms with van der Waals surface area (Å²) in [6.45, 7) is 8.25. The van der Waals surface area contributed by atoms with E-state index < -0.39 is 0 Å². The van der Waals surface area contributed by atoms with Crippen LogP contribution in [0.2, 0.25) is 0 Å². The van der Waals surface area contributed by atoms with Crippen LogP contribution >= 0.6 is 23.5 Å². The van der Waals surface area contributed by atoms with Gasteiger partial charge < -0.3 is 0 Å². The molecule has 0 heterocycles. The molecule has 0 aromatic carbocycles. The largest absolute Gasteiger partial charge is 0.298 e. The van der Waals surface area contributed by atoms with Gasteiger partial charge in [0.1, 0.15) is 5.78 Å². The minimum absolute atomic E-state index is 0.0527. The highest BCUT2D eigenvalue weighted by atomic mass is 32.2. The van der Waals surface area contributed by atoms with Crippen LogP contribution < -0.4 is 0 Å². The molecule has 13 heavy (non-hydrogen) atoms. The lowest BCUT2D eigenvalue weighted by Gasteiger charge is -2.63. The fourth-order valence-corrected chi connectivity index (χ4v) is 5.98. The molecule has 1 saturated carbocycles. The van der Waals surface area contributed by atoms with E-state index in [1.54, 1.807) is 0 Å². The van der Waals surface area contributed by atoms with E-state index in [2.05, 4.69) is 40.2 Å². The van der Waals surface area contributed by atoms with E-state index >= 15 is 0 Å². The first kappa shape index (κ1) is 11.4. The second-order valence-electron chi connectivity index (χ2n) is 4.60. The Hall–Kier alpha value is 0.370. The zero-order chi connectivity index (χ0) is 10.5. The van der Waals surface area contributed by atoms with Crippen LogP contribution in [0.15, 0.2) is 0 Å². The molecule has 0 unspecified atom stereocenters. The Morgan fingerprint density at radius 1 is 0.923 bits per heavy atom. The minimum Gasteiger partial charge on any atom is -0.298 e. The van der Waals surface area contributed by atoms with Crippen molar-refractivity contribution < 1.29 is 4.79 Å². The number of hydrogen-bond acceptors (Lipinski definition) is 3. The number of thioether (sulfide) groups is 2. The molecule has 0 aliphatic heterocycles. The van der Waals surface area contributed by atoms with Crippen LogP contribution in [0.3, 0.4) is 0 Å². The lowest BCUT2D eigenvalue weighted by Crippen LogP contribution is -2.70. The van der Waals surface area contributed by atoms with Gasteiger partial charge in [-0.2, -0.15) is 0 Å². The van der Waals surface area contributed by atoms with Crippen LogP contribution in [-0.2, 0) is 4.79 Å². The Morgan fingerprint density at radius 2 is 1.23 bits per heavy atom. The Labute approximate surface area is 89.4 Å². The van der Waals surface area contributed by atoms with Crippen molar-refractivity contribution in [3.05, 3.63) is 0 Å². The van der Waals surface area contributed by atoms with Crippen LogP contribution in [0, 0.1) is 10.8 Å². The second kappa shape index (κ2) is 2.93. The van der Waals surface area contributed by atoms with Crippen LogP contribution in [-0.4, -0.2) is 22.4 Å². The highest BCUT2D eigenvalue weighted by Crippen LogP contribution is 2.69. The van der Waals surface area contributed by atoms with Gasteiger partial charge in [-0.15, -0.1) is 23.5 Å². The van der Waals surface area contributed by atoms with E-state index in [1.165, 1.54) is 0 Å². The maximum atomic E-state index is 11.9. The molecule has 76 valence electrons. The summed E-state index contributed by atoms with van der Waals surface area (Å²) in [5, 5.41) is 0. The van der Waals surface area contributed by atoms with E-state index in [0.717, 1.165) is 0 Å². The zero-order valence-electron chi connectivity index (χ0n) is 9.22. The van der Waals surface area contributed by atoms with Gasteiger partial charge in [-0.3, -0.25) is 4.79 Å². The first-order chi connectivity index (χ1) is 5.78. The molecule has 1 rings (SSSR count). The summed E-state index contributed by atoms with van der Waals surface area (Å²) in [5.74, 6) is 0.392. The Balaban J connectivity index is 3.15. The first-order valence-corrected chi connectivity index (χ1v) is 6.88. The van der Waals surface area contributed by atoms with E-state index in [4.69, 9.17) is 0 Å². The lowest BCUT2D eigenvalue weighted by atomic mass is 9.53. The topological polar surface area (TPSA) is 17.1 Å². The molecule has 0 aromatic rings. The van der Waals surface area contributed by atoms with Gasteiger partial charge in [-0.25, -0.2) is 0 Å². The predicted molar refractivity (Wildman–Crippen MR) is 62.3 cm³/mol. The SMILES string of the molecule is CSC1(SC)C(C)(C)C(=O)C1(C)C. The average Bonchev–Trinajstić information content (AvgIpc) is 2.05. The average molecular weight is 218 g/mol. The highest BCUT2D eigenvalue weighted by Gasteiger charge is 2.71. The molecule has 1 nitrogen and oxygen atoms in total. The third-order valence-electron chi connectivity index (χ3n) is 3.36. The molecular formula is C10H18OS2. The van der Waals surface area contributed by atoms with E-state index in [1.807, 2.05) is 23.5 Å². The number of Topliss-reactive ketones (excluding diaryl/α,β-unsaturated/α-hetero) is 1. The van der Waals surface area contributed by atoms with Gasteiger partial charge in [0.2, 0.25) is 0 Å². The van der Waals surface area contributed by atoms with Gasteiger partial charge in [0, 0.05) is 10.8 Å². The van der Waals surface area contributed by atoms with Crippen molar-refractivity contribution in [2.24, 2.45) is 10.8 Å². The van der Waals surface area contributed by atoms with Gasteiger partial charge in [0.05, 0.1) is 4.08 Å². The molecule has 0 radical (unpaired) electrons. The third kappa shape index (κ3) is 1.01. The summed E-state index contributed by atoms with van der Waals surface area (Å²) < 4.78 is 0.0527. The van der Waals surface area contributed by atoms with Crippen LogP contribution in [0.25, 0.3) is 0 Å². The molecule has 0 amide bonds. The minimum atomic E-state index is -0.185.